The number of nitrogens with two attached hydrogens (primary N) is 1. The fourth-order valence-electron chi connectivity index (χ4n) is 1.74. The van der Waals surface area contributed by atoms with Crippen molar-refractivity contribution in [1.82, 2.24) is 0 Å². The van der Waals surface area contributed by atoms with E-state index in [1.807, 2.05) is 19.1 Å². The van der Waals surface area contributed by atoms with Gasteiger partial charge in [0, 0.05) is 31.6 Å². The number of aryl methyl sites for hydroxylation is 1. The van der Waals surface area contributed by atoms with Crippen LogP contribution < -0.4 is 11.1 Å². The van der Waals surface area contributed by atoms with E-state index in [2.05, 4.69) is 11.4 Å². The van der Waals surface area contributed by atoms with Crippen LogP contribution in [0.1, 0.15) is 31.2 Å². The van der Waals surface area contributed by atoms with Crippen LogP contribution in [0.15, 0.2) is 18.2 Å². The molecule has 0 unspecified atom stereocenters. The van der Waals surface area contributed by atoms with Crippen molar-refractivity contribution in [1.29, 1.82) is 0 Å². The first-order valence-corrected chi connectivity index (χ1v) is 6.33. The highest BCUT2D eigenvalue weighted by atomic mass is 16.5. The zero-order chi connectivity index (χ0) is 12.5. The van der Waals surface area contributed by atoms with Crippen molar-refractivity contribution >= 4 is 11.4 Å². The second-order valence-electron chi connectivity index (χ2n) is 4.41. The van der Waals surface area contributed by atoms with Crippen molar-refractivity contribution in [3.8, 4) is 0 Å². The van der Waals surface area contributed by atoms with E-state index in [4.69, 9.17) is 10.5 Å². The molecule has 0 atom stereocenters. The minimum atomic E-state index is 0.857. The summed E-state index contributed by atoms with van der Waals surface area (Å²) >= 11 is 0. The van der Waals surface area contributed by atoms with Crippen LogP contribution in [-0.4, -0.2) is 20.3 Å². The molecule has 0 spiro atoms. The van der Waals surface area contributed by atoms with Crippen LogP contribution in [0.5, 0.6) is 0 Å². The molecule has 3 heteroatoms. The number of unbranched alkanes of at least 4 members (excludes halogenated alkanes) is 3. The average molecular weight is 236 g/mol. The summed E-state index contributed by atoms with van der Waals surface area (Å²) in [5, 5.41) is 3.42. The number of benzene rings is 1. The molecular formula is C14H24N2O. The van der Waals surface area contributed by atoms with Gasteiger partial charge in [0.2, 0.25) is 0 Å². The third-order valence-corrected chi connectivity index (χ3v) is 2.87. The van der Waals surface area contributed by atoms with E-state index >= 15 is 0 Å². The topological polar surface area (TPSA) is 47.3 Å². The zero-order valence-corrected chi connectivity index (χ0v) is 11.0. The third kappa shape index (κ3) is 5.59. The number of hydrogen-bond acceptors (Lipinski definition) is 3. The Labute approximate surface area is 104 Å². The highest BCUT2D eigenvalue weighted by Gasteiger charge is 1.96. The van der Waals surface area contributed by atoms with Gasteiger partial charge in [-0.15, -0.1) is 0 Å². The minimum Gasteiger partial charge on any atom is -0.399 e. The molecule has 0 aliphatic carbocycles. The van der Waals surface area contributed by atoms with Gasteiger partial charge < -0.3 is 15.8 Å². The third-order valence-electron chi connectivity index (χ3n) is 2.87. The number of anilines is 2. The lowest BCUT2D eigenvalue weighted by molar-refractivity contribution is 0.192. The van der Waals surface area contributed by atoms with Gasteiger partial charge in [0.15, 0.2) is 0 Å². The summed E-state index contributed by atoms with van der Waals surface area (Å²) in [4.78, 5) is 0. The predicted octanol–water partition coefficient (Wildman–Crippen LogP) is 3.20. The second-order valence-corrected chi connectivity index (χ2v) is 4.41. The van der Waals surface area contributed by atoms with E-state index in [1.165, 1.54) is 19.3 Å². The molecule has 0 saturated carbocycles. The van der Waals surface area contributed by atoms with E-state index < -0.39 is 0 Å². The van der Waals surface area contributed by atoms with E-state index in [1.54, 1.807) is 7.11 Å². The predicted molar refractivity (Wildman–Crippen MR) is 74.4 cm³/mol. The summed E-state index contributed by atoms with van der Waals surface area (Å²) in [5.41, 5.74) is 8.92. The van der Waals surface area contributed by atoms with Crippen molar-refractivity contribution in [2.24, 2.45) is 0 Å². The van der Waals surface area contributed by atoms with Gasteiger partial charge in [-0.3, -0.25) is 0 Å². The SMILES string of the molecule is COCCCCCCNc1ccc(N)c(C)c1. The van der Waals surface area contributed by atoms with Gasteiger partial charge in [-0.05, 0) is 43.5 Å². The molecule has 17 heavy (non-hydrogen) atoms. The van der Waals surface area contributed by atoms with Crippen LogP contribution in [0.2, 0.25) is 0 Å². The molecule has 0 fully saturated rings. The Kier molecular flexibility index (Phi) is 6.48. The molecule has 0 aliphatic heterocycles. The van der Waals surface area contributed by atoms with Gasteiger partial charge >= 0.3 is 0 Å². The lowest BCUT2D eigenvalue weighted by Crippen LogP contribution is -2.02. The summed E-state index contributed by atoms with van der Waals surface area (Å²) in [6.45, 7) is 3.94. The first-order valence-electron chi connectivity index (χ1n) is 6.33. The molecule has 1 rings (SSSR count). The number of rotatable bonds is 8. The first-order chi connectivity index (χ1) is 8.24. The van der Waals surface area contributed by atoms with Crippen LogP contribution in [0.25, 0.3) is 0 Å². The minimum absolute atomic E-state index is 0.857. The molecule has 0 aromatic heterocycles. The molecule has 0 heterocycles. The van der Waals surface area contributed by atoms with Crippen LogP contribution in [0.4, 0.5) is 11.4 Å². The Balaban J connectivity index is 2.11. The van der Waals surface area contributed by atoms with Crippen LogP contribution in [-0.2, 0) is 4.74 Å². The van der Waals surface area contributed by atoms with Gasteiger partial charge in [0.1, 0.15) is 0 Å². The molecular weight excluding hydrogens is 212 g/mol. The van der Waals surface area contributed by atoms with Gasteiger partial charge in [-0.2, -0.15) is 0 Å². The van der Waals surface area contributed by atoms with Crippen LogP contribution >= 0.6 is 0 Å². The summed E-state index contributed by atoms with van der Waals surface area (Å²) in [6, 6.07) is 6.09. The Morgan fingerprint density at radius 1 is 1.18 bits per heavy atom. The van der Waals surface area contributed by atoms with Gasteiger partial charge in [-0.1, -0.05) is 12.8 Å². The molecule has 1 aromatic carbocycles. The molecule has 0 radical (unpaired) electrons. The van der Waals surface area contributed by atoms with E-state index in [9.17, 15) is 0 Å². The number of methoxy groups -OCH3 is 1. The summed E-state index contributed by atoms with van der Waals surface area (Å²) in [6.07, 6.45) is 4.87. The lowest BCUT2D eigenvalue weighted by Gasteiger charge is -2.08. The van der Waals surface area contributed by atoms with Crippen molar-refractivity contribution in [3.05, 3.63) is 23.8 Å². The number of hydrogen-bond donors (Lipinski definition) is 2. The quantitative estimate of drug-likeness (QED) is 0.538. The van der Waals surface area contributed by atoms with E-state index in [-0.39, 0.29) is 0 Å². The van der Waals surface area contributed by atoms with Crippen molar-refractivity contribution in [2.45, 2.75) is 32.6 Å². The largest absolute Gasteiger partial charge is 0.399 e. The Morgan fingerprint density at radius 3 is 2.65 bits per heavy atom. The fraction of sp³-hybridized carbons (Fsp3) is 0.571. The fourth-order valence-corrected chi connectivity index (χ4v) is 1.74. The highest BCUT2D eigenvalue weighted by Crippen LogP contribution is 2.16. The normalized spacial score (nSPS) is 10.5. The summed E-state index contributed by atoms with van der Waals surface area (Å²) in [5.74, 6) is 0. The van der Waals surface area contributed by atoms with Gasteiger partial charge in [0.05, 0.1) is 0 Å². The number of ether oxygens (including phenoxy) is 1. The van der Waals surface area contributed by atoms with E-state index in [0.29, 0.717) is 0 Å². The molecule has 1 aromatic rings. The van der Waals surface area contributed by atoms with Crippen molar-refractivity contribution in [3.63, 3.8) is 0 Å². The van der Waals surface area contributed by atoms with Crippen molar-refractivity contribution in [2.75, 3.05) is 31.3 Å². The number of nitrogens with one attached hydrogen (secondary N) is 1. The van der Waals surface area contributed by atoms with Crippen LogP contribution in [0, 0.1) is 6.92 Å². The first kappa shape index (κ1) is 13.8. The maximum Gasteiger partial charge on any atom is 0.0462 e. The van der Waals surface area contributed by atoms with Gasteiger partial charge in [-0.25, -0.2) is 0 Å². The maximum absolute atomic E-state index is 5.77. The second kappa shape index (κ2) is 7.96. The Morgan fingerprint density at radius 2 is 1.94 bits per heavy atom. The molecule has 3 nitrogen and oxygen atoms in total. The average Bonchev–Trinajstić information content (AvgIpc) is 2.32. The Hall–Kier alpha value is -1.22. The van der Waals surface area contributed by atoms with Crippen LogP contribution in [0.3, 0.4) is 0 Å². The van der Waals surface area contributed by atoms with Gasteiger partial charge in [0.25, 0.3) is 0 Å². The highest BCUT2D eigenvalue weighted by molar-refractivity contribution is 5.56. The molecule has 96 valence electrons. The zero-order valence-electron chi connectivity index (χ0n) is 11.0. The lowest BCUT2D eigenvalue weighted by atomic mass is 10.1. The maximum atomic E-state index is 5.77. The standard InChI is InChI=1S/C14H24N2O/c1-12-11-13(7-8-14(12)15)16-9-5-3-4-6-10-17-2/h7-8,11,16H,3-6,9-10,15H2,1-2H3. The molecule has 3 N–H and O–H groups in total. The summed E-state index contributed by atoms with van der Waals surface area (Å²) < 4.78 is 5.01. The van der Waals surface area contributed by atoms with E-state index in [0.717, 1.165) is 36.5 Å². The summed E-state index contributed by atoms with van der Waals surface area (Å²) in [7, 11) is 1.75. The number of nitrogen functional groups attached to an aromatic ring is 1. The Bertz CT molecular complexity index is 326. The smallest absolute Gasteiger partial charge is 0.0462 e. The molecule has 0 bridgehead atoms. The molecule has 0 saturated heterocycles. The van der Waals surface area contributed by atoms with Crippen molar-refractivity contribution < 1.29 is 4.74 Å². The monoisotopic (exact) mass is 236 g/mol. The molecule has 0 aliphatic rings. The molecule has 0 amide bonds.